The number of nitrogens with one attached hydrogen (secondary N) is 1. The standard InChI is InChI=1S/C16H33N/c1-6-13-8-9-15(17-7-2)14(12-13)10-11-16(3,4)5/h13-15,17H,6-12H2,1-5H3. The molecule has 0 aromatic carbocycles. The molecular formula is C16H33N. The first-order chi connectivity index (χ1) is 7.96. The molecule has 0 aliphatic heterocycles. The Morgan fingerprint density at radius 1 is 1.12 bits per heavy atom. The minimum atomic E-state index is 0.496. The fourth-order valence-electron chi connectivity index (χ4n) is 3.20. The molecule has 0 spiro atoms. The maximum absolute atomic E-state index is 3.72. The monoisotopic (exact) mass is 239 g/mol. The van der Waals surface area contributed by atoms with Gasteiger partial charge < -0.3 is 5.32 Å². The molecule has 17 heavy (non-hydrogen) atoms. The van der Waals surface area contributed by atoms with Gasteiger partial charge in [0.15, 0.2) is 0 Å². The summed E-state index contributed by atoms with van der Waals surface area (Å²) in [5.41, 5.74) is 0.496. The molecule has 0 aromatic heterocycles. The summed E-state index contributed by atoms with van der Waals surface area (Å²) >= 11 is 0. The average Bonchev–Trinajstić information content (AvgIpc) is 2.27. The minimum absolute atomic E-state index is 0.496. The molecule has 0 radical (unpaired) electrons. The van der Waals surface area contributed by atoms with Gasteiger partial charge in [0.2, 0.25) is 0 Å². The molecule has 0 heterocycles. The molecular weight excluding hydrogens is 206 g/mol. The smallest absolute Gasteiger partial charge is 0.00954 e. The fourth-order valence-corrected chi connectivity index (χ4v) is 3.20. The highest BCUT2D eigenvalue weighted by atomic mass is 14.9. The Balaban J connectivity index is 2.48. The summed E-state index contributed by atoms with van der Waals surface area (Å²) in [5.74, 6) is 1.92. The number of rotatable bonds is 5. The molecule has 0 bridgehead atoms. The van der Waals surface area contributed by atoms with Gasteiger partial charge in [0.25, 0.3) is 0 Å². The first-order valence-electron chi connectivity index (χ1n) is 7.69. The molecule has 1 aliphatic carbocycles. The first kappa shape index (κ1) is 15.0. The molecule has 3 unspecified atom stereocenters. The molecule has 0 aromatic rings. The lowest BCUT2D eigenvalue weighted by Crippen LogP contribution is -2.40. The third kappa shape index (κ3) is 5.42. The van der Waals surface area contributed by atoms with Crippen LogP contribution >= 0.6 is 0 Å². The highest BCUT2D eigenvalue weighted by Gasteiger charge is 2.29. The van der Waals surface area contributed by atoms with Gasteiger partial charge in [0, 0.05) is 6.04 Å². The van der Waals surface area contributed by atoms with E-state index in [1.165, 1.54) is 38.5 Å². The van der Waals surface area contributed by atoms with Gasteiger partial charge in [0.1, 0.15) is 0 Å². The van der Waals surface area contributed by atoms with Gasteiger partial charge in [-0.3, -0.25) is 0 Å². The molecule has 102 valence electrons. The lowest BCUT2D eigenvalue weighted by atomic mass is 9.73. The maximum Gasteiger partial charge on any atom is 0.00954 e. The SMILES string of the molecule is CCNC1CCC(CC)CC1CCC(C)(C)C. The van der Waals surface area contributed by atoms with Crippen LogP contribution in [0.5, 0.6) is 0 Å². The van der Waals surface area contributed by atoms with Gasteiger partial charge in [-0.15, -0.1) is 0 Å². The fraction of sp³-hybridized carbons (Fsp3) is 1.00. The van der Waals surface area contributed by atoms with Crippen molar-refractivity contribution in [3.8, 4) is 0 Å². The van der Waals surface area contributed by atoms with E-state index in [1.807, 2.05) is 0 Å². The third-order valence-electron chi connectivity index (χ3n) is 4.40. The van der Waals surface area contributed by atoms with Crippen molar-refractivity contribution in [2.45, 2.75) is 79.2 Å². The number of hydrogen-bond acceptors (Lipinski definition) is 1. The summed E-state index contributed by atoms with van der Waals surface area (Å²) in [5, 5.41) is 3.72. The second kappa shape index (κ2) is 6.78. The second-order valence-electron chi connectivity index (χ2n) is 7.11. The van der Waals surface area contributed by atoms with Crippen LogP contribution in [0.3, 0.4) is 0 Å². The average molecular weight is 239 g/mol. The summed E-state index contributed by atoms with van der Waals surface area (Å²) in [6, 6.07) is 0.796. The van der Waals surface area contributed by atoms with E-state index >= 15 is 0 Å². The maximum atomic E-state index is 3.72. The Morgan fingerprint density at radius 3 is 2.35 bits per heavy atom. The lowest BCUT2D eigenvalue weighted by Gasteiger charge is -2.37. The van der Waals surface area contributed by atoms with Crippen molar-refractivity contribution in [3.05, 3.63) is 0 Å². The molecule has 0 amide bonds. The Hall–Kier alpha value is -0.0400. The summed E-state index contributed by atoms with van der Waals surface area (Å²) in [6.45, 7) is 12.8. The van der Waals surface area contributed by atoms with Crippen LogP contribution in [0.2, 0.25) is 0 Å². The largest absolute Gasteiger partial charge is 0.314 e. The van der Waals surface area contributed by atoms with E-state index in [4.69, 9.17) is 0 Å². The van der Waals surface area contributed by atoms with Crippen molar-refractivity contribution in [3.63, 3.8) is 0 Å². The summed E-state index contributed by atoms with van der Waals surface area (Å²) in [7, 11) is 0. The third-order valence-corrected chi connectivity index (χ3v) is 4.40. The van der Waals surface area contributed by atoms with Gasteiger partial charge >= 0.3 is 0 Å². The van der Waals surface area contributed by atoms with E-state index in [0.29, 0.717) is 5.41 Å². The summed E-state index contributed by atoms with van der Waals surface area (Å²) in [4.78, 5) is 0. The van der Waals surface area contributed by atoms with Gasteiger partial charge in [0.05, 0.1) is 0 Å². The molecule has 1 fully saturated rings. The predicted molar refractivity (Wildman–Crippen MR) is 77.3 cm³/mol. The van der Waals surface area contributed by atoms with Gasteiger partial charge in [-0.05, 0) is 55.9 Å². The second-order valence-corrected chi connectivity index (χ2v) is 7.11. The van der Waals surface area contributed by atoms with Crippen molar-refractivity contribution in [1.29, 1.82) is 0 Å². The van der Waals surface area contributed by atoms with Crippen LogP contribution in [0.1, 0.15) is 73.1 Å². The van der Waals surface area contributed by atoms with Crippen LogP contribution in [-0.2, 0) is 0 Å². The summed E-state index contributed by atoms with van der Waals surface area (Å²) < 4.78 is 0. The zero-order valence-electron chi connectivity index (χ0n) is 12.7. The quantitative estimate of drug-likeness (QED) is 0.738. The highest BCUT2D eigenvalue weighted by molar-refractivity contribution is 4.85. The zero-order chi connectivity index (χ0) is 12.9. The van der Waals surface area contributed by atoms with E-state index < -0.39 is 0 Å². The Morgan fingerprint density at radius 2 is 1.82 bits per heavy atom. The normalized spacial score (nSPS) is 30.5. The Kier molecular flexibility index (Phi) is 5.99. The van der Waals surface area contributed by atoms with Crippen LogP contribution in [-0.4, -0.2) is 12.6 Å². The van der Waals surface area contributed by atoms with E-state index in [0.717, 1.165) is 24.4 Å². The summed E-state index contributed by atoms with van der Waals surface area (Å²) in [6.07, 6.45) is 8.48. The minimum Gasteiger partial charge on any atom is -0.314 e. The van der Waals surface area contributed by atoms with Crippen molar-refractivity contribution in [1.82, 2.24) is 5.32 Å². The van der Waals surface area contributed by atoms with Crippen molar-refractivity contribution >= 4 is 0 Å². The van der Waals surface area contributed by atoms with Gasteiger partial charge in [-0.2, -0.15) is 0 Å². The Bertz CT molecular complexity index is 204. The van der Waals surface area contributed by atoms with E-state index in [1.54, 1.807) is 0 Å². The van der Waals surface area contributed by atoms with E-state index in [2.05, 4.69) is 39.9 Å². The molecule has 0 saturated heterocycles. The van der Waals surface area contributed by atoms with Crippen LogP contribution in [0, 0.1) is 17.3 Å². The van der Waals surface area contributed by atoms with Crippen LogP contribution < -0.4 is 5.32 Å². The Labute approximate surface area is 109 Å². The van der Waals surface area contributed by atoms with E-state index in [-0.39, 0.29) is 0 Å². The first-order valence-corrected chi connectivity index (χ1v) is 7.69. The van der Waals surface area contributed by atoms with Gasteiger partial charge in [-0.25, -0.2) is 0 Å². The van der Waals surface area contributed by atoms with E-state index in [9.17, 15) is 0 Å². The van der Waals surface area contributed by atoms with Crippen molar-refractivity contribution < 1.29 is 0 Å². The molecule has 1 aliphatic rings. The van der Waals surface area contributed by atoms with Gasteiger partial charge in [-0.1, -0.05) is 41.0 Å². The topological polar surface area (TPSA) is 12.0 Å². The molecule has 1 saturated carbocycles. The molecule has 1 rings (SSSR count). The predicted octanol–water partition coefficient (Wildman–Crippen LogP) is 4.62. The molecule has 3 atom stereocenters. The molecule has 1 nitrogen and oxygen atoms in total. The van der Waals surface area contributed by atoms with Crippen LogP contribution in [0.25, 0.3) is 0 Å². The van der Waals surface area contributed by atoms with Crippen LogP contribution in [0.4, 0.5) is 0 Å². The molecule has 1 heteroatoms. The van der Waals surface area contributed by atoms with Crippen molar-refractivity contribution in [2.24, 2.45) is 17.3 Å². The van der Waals surface area contributed by atoms with Crippen molar-refractivity contribution in [2.75, 3.05) is 6.54 Å². The van der Waals surface area contributed by atoms with Crippen LogP contribution in [0.15, 0.2) is 0 Å². The highest BCUT2D eigenvalue weighted by Crippen LogP contribution is 2.36. The zero-order valence-corrected chi connectivity index (χ0v) is 12.7. The lowest BCUT2D eigenvalue weighted by molar-refractivity contribution is 0.173. The molecule has 1 N–H and O–H groups in total. The number of hydrogen-bond donors (Lipinski definition) is 1.